The summed E-state index contributed by atoms with van der Waals surface area (Å²) in [5, 5.41) is 2.47. The van der Waals surface area contributed by atoms with Gasteiger partial charge >= 0.3 is 0 Å². The molecule has 0 N–H and O–H groups in total. The van der Waals surface area contributed by atoms with Crippen molar-refractivity contribution >= 4 is 16.6 Å². The Bertz CT molecular complexity index is 884. The number of methoxy groups -OCH3 is 1. The molecule has 0 spiro atoms. The van der Waals surface area contributed by atoms with E-state index in [9.17, 15) is 0 Å². The fraction of sp³-hybridized carbons (Fsp3) is 0.286. The van der Waals surface area contributed by atoms with Gasteiger partial charge < -0.3 is 14.4 Å². The third kappa shape index (κ3) is 2.94. The maximum absolute atomic E-state index is 5.50. The van der Waals surface area contributed by atoms with Crippen LogP contribution in [0.15, 0.2) is 48.7 Å². The zero-order chi connectivity index (χ0) is 17.2. The van der Waals surface area contributed by atoms with E-state index in [1.54, 1.807) is 7.11 Å². The molecule has 4 rings (SSSR count). The molecule has 1 aliphatic rings. The second kappa shape index (κ2) is 6.73. The van der Waals surface area contributed by atoms with Crippen LogP contribution in [0.5, 0.6) is 5.75 Å². The summed E-state index contributed by atoms with van der Waals surface area (Å²) >= 11 is 0. The van der Waals surface area contributed by atoms with E-state index >= 15 is 0 Å². The number of nitrogens with zero attached hydrogens (tertiary/aromatic N) is 2. The van der Waals surface area contributed by atoms with E-state index in [0.29, 0.717) is 0 Å². The van der Waals surface area contributed by atoms with Gasteiger partial charge in [0.05, 0.1) is 20.3 Å². The normalized spacial score (nSPS) is 14.7. The van der Waals surface area contributed by atoms with Gasteiger partial charge in [-0.3, -0.25) is 0 Å². The lowest BCUT2D eigenvalue weighted by atomic mass is 9.97. The first-order valence-electron chi connectivity index (χ1n) is 8.63. The van der Waals surface area contributed by atoms with E-state index in [2.05, 4.69) is 42.2 Å². The minimum Gasteiger partial charge on any atom is -0.497 e. The number of anilines is 1. The second-order valence-corrected chi connectivity index (χ2v) is 6.32. The molecule has 0 unspecified atom stereocenters. The van der Waals surface area contributed by atoms with Crippen LogP contribution in [0.4, 0.5) is 5.82 Å². The number of hydrogen-bond donors (Lipinski definition) is 0. The van der Waals surface area contributed by atoms with Gasteiger partial charge in [0.25, 0.3) is 0 Å². The van der Waals surface area contributed by atoms with Crippen molar-refractivity contribution in [1.82, 2.24) is 4.98 Å². The molecule has 128 valence electrons. The molecule has 2 heterocycles. The molecule has 2 aromatic carbocycles. The SMILES string of the molecule is COc1ccc(-c2cnc(N3CCOCC3)c3c(C)cccc23)cc1. The van der Waals surface area contributed by atoms with Crippen molar-refractivity contribution in [1.29, 1.82) is 0 Å². The first-order chi connectivity index (χ1) is 12.3. The minimum absolute atomic E-state index is 0.759. The van der Waals surface area contributed by atoms with Crippen LogP contribution >= 0.6 is 0 Å². The summed E-state index contributed by atoms with van der Waals surface area (Å²) < 4.78 is 10.8. The third-order valence-electron chi connectivity index (χ3n) is 4.81. The summed E-state index contributed by atoms with van der Waals surface area (Å²) in [6.07, 6.45) is 1.99. The summed E-state index contributed by atoms with van der Waals surface area (Å²) in [5.74, 6) is 1.93. The molecule has 4 heteroatoms. The molecule has 0 amide bonds. The Balaban J connectivity index is 1.88. The molecule has 0 bridgehead atoms. The van der Waals surface area contributed by atoms with Crippen molar-refractivity contribution in [3.05, 3.63) is 54.2 Å². The standard InChI is InChI=1S/C21H22N2O2/c1-15-4-3-5-18-19(16-6-8-17(24-2)9-7-16)14-22-21(20(15)18)23-10-12-25-13-11-23/h3-9,14H,10-13H2,1-2H3. The van der Waals surface area contributed by atoms with E-state index in [4.69, 9.17) is 14.5 Å². The number of aryl methyl sites for hydroxylation is 1. The van der Waals surface area contributed by atoms with Gasteiger partial charge in [0, 0.05) is 30.2 Å². The quantitative estimate of drug-likeness (QED) is 0.723. The first-order valence-corrected chi connectivity index (χ1v) is 8.63. The highest BCUT2D eigenvalue weighted by Gasteiger charge is 2.18. The molecule has 25 heavy (non-hydrogen) atoms. The largest absolute Gasteiger partial charge is 0.497 e. The highest BCUT2D eigenvalue weighted by molar-refractivity contribution is 6.03. The molecule has 0 saturated carbocycles. The number of benzene rings is 2. The fourth-order valence-corrected chi connectivity index (χ4v) is 3.46. The van der Waals surface area contributed by atoms with Crippen LogP contribution in [0.1, 0.15) is 5.56 Å². The van der Waals surface area contributed by atoms with Crippen LogP contribution in [0.3, 0.4) is 0 Å². The molecule has 4 nitrogen and oxygen atoms in total. The Morgan fingerprint density at radius 2 is 1.80 bits per heavy atom. The number of hydrogen-bond acceptors (Lipinski definition) is 4. The van der Waals surface area contributed by atoms with Crippen LogP contribution in [-0.4, -0.2) is 38.4 Å². The van der Waals surface area contributed by atoms with Gasteiger partial charge in [-0.05, 0) is 35.6 Å². The Morgan fingerprint density at radius 3 is 2.52 bits per heavy atom. The number of fused-ring (bicyclic) bond motifs is 1. The van der Waals surface area contributed by atoms with Gasteiger partial charge in [0.15, 0.2) is 0 Å². The van der Waals surface area contributed by atoms with E-state index in [1.165, 1.54) is 16.3 Å². The number of ether oxygens (including phenoxy) is 2. The van der Waals surface area contributed by atoms with Crippen molar-refractivity contribution < 1.29 is 9.47 Å². The lowest BCUT2D eigenvalue weighted by molar-refractivity contribution is 0.122. The number of pyridine rings is 1. The van der Waals surface area contributed by atoms with Crippen molar-refractivity contribution in [3.63, 3.8) is 0 Å². The average Bonchev–Trinajstić information content (AvgIpc) is 2.68. The monoisotopic (exact) mass is 334 g/mol. The van der Waals surface area contributed by atoms with E-state index in [1.807, 2.05) is 18.3 Å². The number of morpholine rings is 1. The molecule has 0 atom stereocenters. The molecule has 1 aliphatic heterocycles. The minimum atomic E-state index is 0.759. The summed E-state index contributed by atoms with van der Waals surface area (Å²) in [4.78, 5) is 7.18. The molecule has 1 aromatic heterocycles. The Kier molecular flexibility index (Phi) is 4.28. The average molecular weight is 334 g/mol. The summed E-state index contributed by atoms with van der Waals surface area (Å²) in [7, 11) is 1.69. The molecule has 3 aromatic rings. The van der Waals surface area contributed by atoms with Crippen LogP contribution in [0.2, 0.25) is 0 Å². The van der Waals surface area contributed by atoms with Crippen molar-refractivity contribution in [2.75, 3.05) is 38.3 Å². The maximum Gasteiger partial charge on any atom is 0.136 e. The topological polar surface area (TPSA) is 34.6 Å². The van der Waals surface area contributed by atoms with E-state index in [0.717, 1.165) is 49.0 Å². The van der Waals surface area contributed by atoms with Crippen molar-refractivity contribution in [3.8, 4) is 16.9 Å². The third-order valence-corrected chi connectivity index (χ3v) is 4.81. The lowest BCUT2D eigenvalue weighted by Gasteiger charge is -2.29. The predicted octanol–water partition coefficient (Wildman–Crippen LogP) is 4.06. The van der Waals surface area contributed by atoms with Crippen LogP contribution < -0.4 is 9.64 Å². The molecule has 1 fully saturated rings. The predicted molar refractivity (Wildman–Crippen MR) is 102 cm³/mol. The first kappa shape index (κ1) is 15.9. The maximum atomic E-state index is 5.50. The molecular formula is C21H22N2O2. The van der Waals surface area contributed by atoms with Gasteiger partial charge in [-0.15, -0.1) is 0 Å². The van der Waals surface area contributed by atoms with Gasteiger partial charge in [0.1, 0.15) is 11.6 Å². The molecule has 0 aliphatic carbocycles. The zero-order valence-corrected chi connectivity index (χ0v) is 14.7. The highest BCUT2D eigenvalue weighted by Crippen LogP contribution is 2.35. The van der Waals surface area contributed by atoms with Crippen molar-refractivity contribution in [2.24, 2.45) is 0 Å². The highest BCUT2D eigenvalue weighted by atomic mass is 16.5. The smallest absolute Gasteiger partial charge is 0.136 e. The van der Waals surface area contributed by atoms with Crippen LogP contribution in [0.25, 0.3) is 21.9 Å². The molecular weight excluding hydrogens is 312 g/mol. The van der Waals surface area contributed by atoms with Crippen LogP contribution in [-0.2, 0) is 4.74 Å². The van der Waals surface area contributed by atoms with Crippen LogP contribution in [0, 0.1) is 6.92 Å². The van der Waals surface area contributed by atoms with Crippen molar-refractivity contribution in [2.45, 2.75) is 6.92 Å². The Labute approximate surface area is 148 Å². The Morgan fingerprint density at radius 1 is 1.04 bits per heavy atom. The zero-order valence-electron chi connectivity index (χ0n) is 14.7. The Hall–Kier alpha value is -2.59. The van der Waals surface area contributed by atoms with E-state index in [-0.39, 0.29) is 0 Å². The second-order valence-electron chi connectivity index (χ2n) is 6.32. The van der Waals surface area contributed by atoms with Gasteiger partial charge in [-0.2, -0.15) is 0 Å². The molecule has 1 saturated heterocycles. The van der Waals surface area contributed by atoms with Gasteiger partial charge in [-0.1, -0.05) is 30.3 Å². The lowest BCUT2D eigenvalue weighted by Crippen LogP contribution is -2.37. The number of rotatable bonds is 3. The van der Waals surface area contributed by atoms with E-state index < -0.39 is 0 Å². The van der Waals surface area contributed by atoms with Gasteiger partial charge in [-0.25, -0.2) is 4.98 Å². The fourth-order valence-electron chi connectivity index (χ4n) is 3.46. The summed E-state index contributed by atoms with van der Waals surface area (Å²) in [5.41, 5.74) is 3.55. The summed E-state index contributed by atoms with van der Waals surface area (Å²) in [6.45, 7) is 5.45. The molecule has 0 radical (unpaired) electrons. The number of aromatic nitrogens is 1. The summed E-state index contributed by atoms with van der Waals surface area (Å²) in [6, 6.07) is 14.6. The van der Waals surface area contributed by atoms with Gasteiger partial charge in [0.2, 0.25) is 0 Å².